The number of thioether (sulfide) groups is 1. The second-order valence-corrected chi connectivity index (χ2v) is 4.42. The lowest BCUT2D eigenvalue weighted by Gasteiger charge is -2.35. The van der Waals surface area contributed by atoms with E-state index in [1.54, 1.807) is 11.8 Å². The first-order chi connectivity index (χ1) is 6.17. The second kappa shape index (κ2) is 4.33. The van der Waals surface area contributed by atoms with Crippen LogP contribution in [0, 0.1) is 0 Å². The van der Waals surface area contributed by atoms with Crippen molar-refractivity contribution in [2.24, 2.45) is 0 Å². The summed E-state index contributed by atoms with van der Waals surface area (Å²) in [7, 11) is 0. The molecule has 0 aromatic rings. The maximum Gasteiger partial charge on any atom is 0.325 e. The molecule has 1 rings (SSSR count). The van der Waals surface area contributed by atoms with Crippen molar-refractivity contribution in [3.8, 4) is 0 Å². The van der Waals surface area contributed by atoms with Crippen LogP contribution in [-0.4, -0.2) is 46.1 Å². The molecule has 0 bridgehead atoms. The Kier molecular flexibility index (Phi) is 3.62. The standard InChI is InChI=1S/C9H17NO2S/c1-3-10(4-2)9(8(11)12)5-6-13-7-9/h3-7H2,1-2H3,(H,11,12). The highest BCUT2D eigenvalue weighted by atomic mass is 32.2. The van der Waals surface area contributed by atoms with Crippen molar-refractivity contribution in [1.29, 1.82) is 0 Å². The van der Waals surface area contributed by atoms with Crippen LogP contribution < -0.4 is 0 Å². The van der Waals surface area contributed by atoms with E-state index in [0.717, 1.165) is 31.0 Å². The smallest absolute Gasteiger partial charge is 0.325 e. The molecule has 1 atom stereocenters. The van der Waals surface area contributed by atoms with Gasteiger partial charge >= 0.3 is 5.97 Å². The molecule has 1 saturated heterocycles. The molecular formula is C9H17NO2S. The van der Waals surface area contributed by atoms with E-state index in [2.05, 4.69) is 4.90 Å². The summed E-state index contributed by atoms with van der Waals surface area (Å²) in [6, 6.07) is 0. The van der Waals surface area contributed by atoms with Crippen molar-refractivity contribution in [1.82, 2.24) is 4.90 Å². The van der Waals surface area contributed by atoms with Gasteiger partial charge in [-0.05, 0) is 25.3 Å². The van der Waals surface area contributed by atoms with E-state index < -0.39 is 11.5 Å². The summed E-state index contributed by atoms with van der Waals surface area (Å²) in [5, 5.41) is 9.24. The SMILES string of the molecule is CCN(CC)C1(C(=O)O)CCSC1. The fourth-order valence-electron chi connectivity index (χ4n) is 1.94. The Bertz CT molecular complexity index is 186. The van der Waals surface area contributed by atoms with Gasteiger partial charge in [0.05, 0.1) is 0 Å². The lowest BCUT2D eigenvalue weighted by atomic mass is 9.96. The normalized spacial score (nSPS) is 28.2. The average Bonchev–Trinajstić information content (AvgIpc) is 2.56. The summed E-state index contributed by atoms with van der Waals surface area (Å²) in [5.74, 6) is 1.06. The Morgan fingerprint density at radius 1 is 1.54 bits per heavy atom. The predicted octanol–water partition coefficient (Wildman–Crippen LogP) is 1.29. The van der Waals surface area contributed by atoms with E-state index >= 15 is 0 Å². The molecule has 1 fully saturated rings. The van der Waals surface area contributed by atoms with Crippen molar-refractivity contribution in [2.45, 2.75) is 25.8 Å². The maximum atomic E-state index is 11.2. The minimum Gasteiger partial charge on any atom is -0.480 e. The number of hydrogen-bond donors (Lipinski definition) is 1. The van der Waals surface area contributed by atoms with Gasteiger partial charge in [0.15, 0.2) is 0 Å². The summed E-state index contributed by atoms with van der Waals surface area (Å²) < 4.78 is 0. The van der Waals surface area contributed by atoms with Crippen molar-refractivity contribution in [2.75, 3.05) is 24.6 Å². The molecule has 1 unspecified atom stereocenters. The monoisotopic (exact) mass is 203 g/mol. The number of aliphatic carboxylic acids is 1. The zero-order valence-electron chi connectivity index (χ0n) is 8.25. The topological polar surface area (TPSA) is 40.5 Å². The first kappa shape index (κ1) is 10.9. The van der Waals surface area contributed by atoms with Gasteiger partial charge < -0.3 is 5.11 Å². The van der Waals surface area contributed by atoms with Crippen LogP contribution in [0.3, 0.4) is 0 Å². The number of carboxylic acid groups (broad SMARTS) is 1. The van der Waals surface area contributed by atoms with Crippen LogP contribution in [0.15, 0.2) is 0 Å². The first-order valence-electron chi connectivity index (χ1n) is 4.73. The molecule has 0 amide bonds. The number of carboxylic acids is 1. The number of carbonyl (C=O) groups is 1. The number of rotatable bonds is 4. The van der Waals surface area contributed by atoms with Gasteiger partial charge in [-0.3, -0.25) is 9.69 Å². The number of hydrogen-bond acceptors (Lipinski definition) is 3. The van der Waals surface area contributed by atoms with E-state index in [0.29, 0.717) is 0 Å². The minimum absolute atomic E-state index is 0.575. The minimum atomic E-state index is -0.652. The Balaban J connectivity index is 2.82. The summed E-state index contributed by atoms with van der Waals surface area (Å²) in [6.07, 6.45) is 0.786. The van der Waals surface area contributed by atoms with E-state index in [-0.39, 0.29) is 0 Å². The lowest BCUT2D eigenvalue weighted by molar-refractivity contribution is -0.149. The molecule has 1 heterocycles. The molecule has 0 radical (unpaired) electrons. The molecule has 0 aliphatic carbocycles. The van der Waals surface area contributed by atoms with Crippen LogP contribution in [0.4, 0.5) is 0 Å². The van der Waals surface area contributed by atoms with Crippen LogP contribution in [-0.2, 0) is 4.79 Å². The van der Waals surface area contributed by atoms with Crippen molar-refractivity contribution in [3.05, 3.63) is 0 Å². The van der Waals surface area contributed by atoms with Crippen molar-refractivity contribution in [3.63, 3.8) is 0 Å². The van der Waals surface area contributed by atoms with Gasteiger partial charge in [-0.2, -0.15) is 11.8 Å². The summed E-state index contributed by atoms with van der Waals surface area (Å²) in [6.45, 7) is 5.70. The molecule has 1 N–H and O–H groups in total. The summed E-state index contributed by atoms with van der Waals surface area (Å²) in [5.41, 5.74) is -0.575. The molecule has 0 spiro atoms. The molecule has 0 saturated carbocycles. The fraction of sp³-hybridized carbons (Fsp3) is 0.889. The van der Waals surface area contributed by atoms with Crippen molar-refractivity contribution >= 4 is 17.7 Å². The maximum absolute atomic E-state index is 11.2. The number of likely N-dealkylation sites (N-methyl/N-ethyl adjacent to an activating group) is 1. The summed E-state index contributed by atoms with van der Waals surface area (Å²) in [4.78, 5) is 13.3. The van der Waals surface area contributed by atoms with Gasteiger partial charge in [0.2, 0.25) is 0 Å². The van der Waals surface area contributed by atoms with Crippen LogP contribution in [0.2, 0.25) is 0 Å². The highest BCUT2D eigenvalue weighted by Gasteiger charge is 2.45. The third-order valence-electron chi connectivity index (χ3n) is 2.77. The quantitative estimate of drug-likeness (QED) is 0.747. The fourth-order valence-corrected chi connectivity index (χ4v) is 3.35. The van der Waals surface area contributed by atoms with Gasteiger partial charge in [-0.1, -0.05) is 13.8 Å². The molecule has 1 aliphatic heterocycles. The van der Waals surface area contributed by atoms with Crippen molar-refractivity contribution < 1.29 is 9.90 Å². The average molecular weight is 203 g/mol. The van der Waals surface area contributed by atoms with Crippen LogP contribution in [0.1, 0.15) is 20.3 Å². The van der Waals surface area contributed by atoms with Gasteiger partial charge in [-0.15, -0.1) is 0 Å². The first-order valence-corrected chi connectivity index (χ1v) is 5.89. The molecule has 0 aromatic heterocycles. The highest BCUT2D eigenvalue weighted by molar-refractivity contribution is 7.99. The van der Waals surface area contributed by atoms with Crippen LogP contribution in [0.25, 0.3) is 0 Å². The molecule has 0 aromatic carbocycles. The Labute approximate surface area is 83.5 Å². The largest absolute Gasteiger partial charge is 0.480 e. The number of nitrogens with zero attached hydrogens (tertiary/aromatic N) is 1. The molecular weight excluding hydrogens is 186 g/mol. The predicted molar refractivity (Wildman–Crippen MR) is 55.2 cm³/mol. The molecule has 1 aliphatic rings. The Hall–Kier alpha value is -0.220. The van der Waals surface area contributed by atoms with E-state index in [4.69, 9.17) is 0 Å². The zero-order valence-corrected chi connectivity index (χ0v) is 9.06. The second-order valence-electron chi connectivity index (χ2n) is 3.31. The third kappa shape index (κ3) is 1.83. The third-order valence-corrected chi connectivity index (χ3v) is 3.94. The zero-order chi connectivity index (χ0) is 9.90. The molecule has 13 heavy (non-hydrogen) atoms. The summed E-state index contributed by atoms with van der Waals surface area (Å²) >= 11 is 1.75. The van der Waals surface area contributed by atoms with Crippen LogP contribution in [0.5, 0.6) is 0 Å². The Morgan fingerprint density at radius 2 is 2.15 bits per heavy atom. The molecule has 3 nitrogen and oxygen atoms in total. The van der Waals surface area contributed by atoms with Gasteiger partial charge in [0, 0.05) is 5.75 Å². The van der Waals surface area contributed by atoms with E-state index in [1.807, 2.05) is 13.8 Å². The van der Waals surface area contributed by atoms with E-state index in [1.165, 1.54) is 0 Å². The molecule has 4 heteroatoms. The lowest BCUT2D eigenvalue weighted by Crippen LogP contribution is -2.54. The molecule has 76 valence electrons. The van der Waals surface area contributed by atoms with E-state index in [9.17, 15) is 9.90 Å². The highest BCUT2D eigenvalue weighted by Crippen LogP contribution is 2.33. The van der Waals surface area contributed by atoms with Gasteiger partial charge in [0.1, 0.15) is 5.54 Å². The van der Waals surface area contributed by atoms with Crippen LogP contribution >= 0.6 is 11.8 Å². The Morgan fingerprint density at radius 3 is 2.46 bits per heavy atom. The van der Waals surface area contributed by atoms with Gasteiger partial charge in [-0.25, -0.2) is 0 Å². The van der Waals surface area contributed by atoms with Gasteiger partial charge in [0.25, 0.3) is 0 Å².